The second kappa shape index (κ2) is 7.55. The highest BCUT2D eigenvalue weighted by molar-refractivity contribution is 7.94. The van der Waals surface area contributed by atoms with Crippen LogP contribution in [0, 0.1) is 20.8 Å². The summed E-state index contributed by atoms with van der Waals surface area (Å²) in [6, 6.07) is 12.9. The second-order valence-corrected chi connectivity index (χ2v) is 16.6. The Hall–Kier alpha value is -1.39. The molecule has 0 aliphatic carbocycles. The van der Waals surface area contributed by atoms with E-state index in [0.717, 1.165) is 30.7 Å². The monoisotopic (exact) mass is 399 g/mol. The van der Waals surface area contributed by atoms with Gasteiger partial charge in [-0.3, -0.25) is 0 Å². The summed E-state index contributed by atoms with van der Waals surface area (Å²) in [5.74, 6) is 0. The lowest BCUT2D eigenvalue weighted by atomic mass is 9.95. The molecule has 2 nitrogen and oxygen atoms in total. The predicted molar refractivity (Wildman–Crippen MR) is 121 cm³/mol. The van der Waals surface area contributed by atoms with Gasteiger partial charge in [-0.05, 0) is 68.0 Å². The van der Waals surface area contributed by atoms with Crippen LogP contribution in [0.15, 0.2) is 45.7 Å². The van der Waals surface area contributed by atoms with E-state index in [1.54, 1.807) is 0 Å². The number of aryl methyl sites for hydroxylation is 3. The second-order valence-electron chi connectivity index (χ2n) is 9.01. The summed E-state index contributed by atoms with van der Waals surface area (Å²) in [5, 5.41) is 1.41. The Morgan fingerprint density at radius 3 is 2.33 bits per heavy atom. The molecule has 1 aliphatic rings. The van der Waals surface area contributed by atoms with Crippen LogP contribution in [0.3, 0.4) is 0 Å². The third-order valence-corrected chi connectivity index (χ3v) is 10.8. The predicted octanol–water partition coefficient (Wildman–Crippen LogP) is 5.39. The number of hydrogen-bond donors (Lipinski definition) is 0. The lowest BCUT2D eigenvalue weighted by Crippen LogP contribution is -2.43. The van der Waals surface area contributed by atoms with Crippen molar-refractivity contribution in [3.05, 3.63) is 58.7 Å². The van der Waals surface area contributed by atoms with Crippen LogP contribution in [0.1, 0.15) is 35.1 Å². The molecule has 0 aromatic heterocycles. The molecule has 0 saturated carbocycles. The average molecular weight is 400 g/mol. The molecule has 4 heteroatoms. The molecule has 0 saturated heterocycles. The Bertz CT molecular complexity index is 942. The molecule has 0 N–H and O–H groups in total. The minimum absolute atomic E-state index is 0.101. The Labute approximate surface area is 166 Å². The van der Waals surface area contributed by atoms with E-state index < -0.39 is 17.8 Å². The standard InChI is InChI=1S/C23H33NOSSi/c1-17-14-18(2)21(19(3)15-17)16-20-10-9-13-24-26(20,25)22-11-7-8-12-23(22)27(4,5)6/h7-8,11-12,14-15,20H,9-10,13,16H2,1-6H3/t20-,26-/m0/s1. The van der Waals surface area contributed by atoms with E-state index in [2.05, 4.69) is 70.7 Å². The van der Waals surface area contributed by atoms with Gasteiger partial charge in [-0.2, -0.15) is 0 Å². The summed E-state index contributed by atoms with van der Waals surface area (Å²) in [5.41, 5.74) is 5.30. The van der Waals surface area contributed by atoms with Gasteiger partial charge in [0, 0.05) is 11.4 Å². The van der Waals surface area contributed by atoms with Crippen molar-refractivity contribution in [2.24, 2.45) is 4.36 Å². The molecule has 0 bridgehead atoms. The zero-order valence-electron chi connectivity index (χ0n) is 17.6. The Morgan fingerprint density at radius 1 is 1.07 bits per heavy atom. The molecule has 0 unspecified atom stereocenters. The molecule has 2 aromatic carbocycles. The van der Waals surface area contributed by atoms with Crippen LogP contribution in [-0.4, -0.2) is 24.1 Å². The number of rotatable bonds is 4. The number of benzene rings is 2. The van der Waals surface area contributed by atoms with Gasteiger partial charge in [-0.15, -0.1) is 0 Å². The van der Waals surface area contributed by atoms with Crippen LogP contribution in [0.5, 0.6) is 0 Å². The Kier molecular flexibility index (Phi) is 5.69. The van der Waals surface area contributed by atoms with E-state index >= 15 is 0 Å². The van der Waals surface area contributed by atoms with Crippen molar-refractivity contribution in [2.45, 2.75) is 69.8 Å². The van der Waals surface area contributed by atoms with Gasteiger partial charge in [0.1, 0.15) is 0 Å². The molecule has 146 valence electrons. The van der Waals surface area contributed by atoms with Gasteiger partial charge in [-0.25, -0.2) is 8.57 Å². The zero-order valence-corrected chi connectivity index (χ0v) is 19.5. The lowest BCUT2D eigenvalue weighted by molar-refractivity contribution is 0.611. The fourth-order valence-corrected chi connectivity index (χ4v) is 9.77. The van der Waals surface area contributed by atoms with Crippen molar-refractivity contribution in [2.75, 3.05) is 6.54 Å². The molecule has 0 fully saturated rings. The topological polar surface area (TPSA) is 29.4 Å². The molecule has 27 heavy (non-hydrogen) atoms. The molecule has 3 rings (SSSR count). The van der Waals surface area contributed by atoms with Crippen molar-refractivity contribution in [1.82, 2.24) is 0 Å². The van der Waals surface area contributed by atoms with Crippen molar-refractivity contribution in [3.8, 4) is 0 Å². The van der Waals surface area contributed by atoms with Crippen molar-refractivity contribution < 1.29 is 4.21 Å². The SMILES string of the molecule is Cc1cc(C)c(C[C@@H]2CCCN=[S@@]2(=O)c2ccccc2[Si](C)(C)C)c(C)c1. The van der Waals surface area contributed by atoms with Crippen molar-refractivity contribution in [1.29, 1.82) is 0 Å². The van der Waals surface area contributed by atoms with Crippen LogP contribution in [0.25, 0.3) is 0 Å². The first-order chi connectivity index (χ1) is 12.6. The average Bonchev–Trinajstić information content (AvgIpc) is 2.59. The molecule has 0 amide bonds. The van der Waals surface area contributed by atoms with E-state index in [9.17, 15) is 4.21 Å². The molecular formula is C23H33NOSSi. The fourth-order valence-electron chi connectivity index (χ4n) is 4.35. The highest BCUT2D eigenvalue weighted by Crippen LogP contribution is 2.31. The summed E-state index contributed by atoms with van der Waals surface area (Å²) < 4.78 is 19.2. The first kappa shape index (κ1) is 20.3. The number of hydrogen-bond acceptors (Lipinski definition) is 2. The molecule has 1 aliphatic heterocycles. The van der Waals surface area contributed by atoms with Crippen LogP contribution in [-0.2, 0) is 16.1 Å². The molecule has 2 atom stereocenters. The number of nitrogens with zero attached hydrogens (tertiary/aromatic N) is 1. The summed E-state index contributed by atoms with van der Waals surface area (Å²) in [6.45, 7) is 14.2. The molecule has 0 radical (unpaired) electrons. The molecule has 2 aromatic rings. The maximum atomic E-state index is 14.4. The highest BCUT2D eigenvalue weighted by atomic mass is 32.2. The van der Waals surface area contributed by atoms with Gasteiger partial charge in [0.2, 0.25) is 0 Å². The van der Waals surface area contributed by atoms with E-state index in [1.807, 2.05) is 6.07 Å². The lowest BCUT2D eigenvalue weighted by Gasteiger charge is -2.30. The van der Waals surface area contributed by atoms with E-state index in [1.165, 1.54) is 27.4 Å². The van der Waals surface area contributed by atoms with Crippen LogP contribution < -0.4 is 5.19 Å². The quantitative estimate of drug-likeness (QED) is 0.634. The first-order valence-corrected chi connectivity index (χ1v) is 15.1. The Morgan fingerprint density at radius 2 is 1.70 bits per heavy atom. The van der Waals surface area contributed by atoms with Gasteiger partial charge < -0.3 is 0 Å². The highest BCUT2D eigenvalue weighted by Gasteiger charge is 2.33. The maximum Gasteiger partial charge on any atom is 0.0792 e. The van der Waals surface area contributed by atoms with Crippen LogP contribution in [0.2, 0.25) is 19.6 Å². The summed E-state index contributed by atoms with van der Waals surface area (Å²) >= 11 is 0. The Balaban J connectivity index is 2.10. The van der Waals surface area contributed by atoms with Gasteiger partial charge in [-0.1, -0.05) is 55.5 Å². The maximum absolute atomic E-state index is 14.4. The normalized spacial score (nSPS) is 23.1. The molecular weight excluding hydrogens is 366 g/mol. The van der Waals surface area contributed by atoms with E-state index in [-0.39, 0.29) is 5.25 Å². The smallest absolute Gasteiger partial charge is 0.0792 e. The van der Waals surface area contributed by atoms with Crippen molar-refractivity contribution in [3.63, 3.8) is 0 Å². The zero-order chi connectivity index (χ0) is 19.8. The fraction of sp³-hybridized carbons (Fsp3) is 0.478. The third kappa shape index (κ3) is 4.07. The first-order valence-electron chi connectivity index (χ1n) is 10.0. The van der Waals surface area contributed by atoms with Gasteiger partial charge in [0.15, 0.2) is 0 Å². The van der Waals surface area contributed by atoms with Crippen LogP contribution in [0.4, 0.5) is 0 Å². The largest absolute Gasteiger partial charge is 0.244 e. The molecule has 1 heterocycles. The van der Waals surface area contributed by atoms with Gasteiger partial charge in [0.05, 0.1) is 23.1 Å². The minimum Gasteiger partial charge on any atom is -0.244 e. The molecule has 0 spiro atoms. The van der Waals surface area contributed by atoms with Gasteiger partial charge >= 0.3 is 0 Å². The van der Waals surface area contributed by atoms with Gasteiger partial charge in [0.25, 0.3) is 0 Å². The third-order valence-electron chi connectivity index (χ3n) is 5.70. The minimum atomic E-state index is -2.41. The summed E-state index contributed by atoms with van der Waals surface area (Å²) in [4.78, 5) is 1.02. The summed E-state index contributed by atoms with van der Waals surface area (Å²) in [6.07, 6.45) is 2.90. The van der Waals surface area contributed by atoms with E-state index in [0.29, 0.717) is 0 Å². The van der Waals surface area contributed by atoms with Crippen molar-refractivity contribution >= 4 is 23.0 Å². The van der Waals surface area contributed by atoms with E-state index in [4.69, 9.17) is 4.36 Å². The summed E-state index contributed by atoms with van der Waals surface area (Å²) in [7, 11) is -4.00. The van der Waals surface area contributed by atoms with Crippen LogP contribution >= 0.6 is 0 Å².